The van der Waals surface area contributed by atoms with Crippen LogP contribution >= 0.6 is 0 Å². The van der Waals surface area contributed by atoms with Crippen LogP contribution in [0.2, 0.25) is 0 Å². The number of hydrogen-bond donors (Lipinski definition) is 0. The van der Waals surface area contributed by atoms with Gasteiger partial charge < -0.3 is 9.69 Å². The highest BCUT2D eigenvalue weighted by molar-refractivity contribution is 5.92. The number of carbonyl (C=O) groups is 2. The number of carbonyl (C=O) groups excluding carboxylic acids is 2. The summed E-state index contributed by atoms with van der Waals surface area (Å²) in [6.07, 6.45) is 1.05. The molecule has 0 radical (unpaired) electrons. The molecule has 1 spiro atoms. The fourth-order valence-corrected chi connectivity index (χ4v) is 5.50. The van der Waals surface area contributed by atoms with Gasteiger partial charge in [-0.25, -0.2) is 0 Å². The van der Waals surface area contributed by atoms with Crippen molar-refractivity contribution in [2.45, 2.75) is 57.0 Å². The van der Waals surface area contributed by atoms with Gasteiger partial charge in [-0.1, -0.05) is 42.0 Å². The van der Waals surface area contributed by atoms with Gasteiger partial charge in [-0.15, -0.1) is 0 Å². The largest absolute Gasteiger partial charge is 0.416 e. The Balaban J connectivity index is 1.48. The van der Waals surface area contributed by atoms with E-state index in [2.05, 4.69) is 25.1 Å². The Bertz CT molecular complexity index is 1090. The van der Waals surface area contributed by atoms with Crippen LogP contribution in [-0.4, -0.2) is 29.7 Å². The Morgan fingerprint density at radius 1 is 1.12 bits per heavy atom. The van der Waals surface area contributed by atoms with Crippen LogP contribution in [0.4, 0.5) is 13.2 Å². The van der Waals surface area contributed by atoms with Crippen molar-refractivity contribution in [1.82, 2.24) is 4.90 Å². The first kappa shape index (κ1) is 23.3. The molecule has 1 aliphatic carbocycles. The molecule has 0 bridgehead atoms. The van der Waals surface area contributed by atoms with Gasteiger partial charge in [0.25, 0.3) is 0 Å². The molecule has 0 N–H and O–H groups in total. The standard InChI is InChI=1S/C27H28F3NO2/c1-18-7-9-22-21(16-19(2)32)17-26(24(22)15-18)11-13-31(14-12-26)25(33)10-8-20-5-3-4-6-23(20)27(28,29)30/h3-10,15,21H,11-14,16-17H2,1-2H3/b10-8+. The highest BCUT2D eigenvalue weighted by Crippen LogP contribution is 2.53. The quantitative estimate of drug-likeness (QED) is 0.526. The molecule has 6 heteroatoms. The van der Waals surface area contributed by atoms with E-state index >= 15 is 0 Å². The molecule has 1 amide bonds. The van der Waals surface area contributed by atoms with E-state index in [-0.39, 0.29) is 28.6 Å². The lowest BCUT2D eigenvalue weighted by Crippen LogP contribution is -2.44. The van der Waals surface area contributed by atoms with E-state index in [0.29, 0.717) is 19.5 Å². The molecule has 1 atom stereocenters. The fraction of sp³-hybridized carbons (Fsp3) is 0.407. The van der Waals surface area contributed by atoms with Gasteiger partial charge in [0.15, 0.2) is 0 Å². The Hall–Kier alpha value is -2.89. The minimum atomic E-state index is -4.47. The number of halogens is 3. The van der Waals surface area contributed by atoms with Crippen LogP contribution in [0.1, 0.15) is 66.3 Å². The summed E-state index contributed by atoms with van der Waals surface area (Å²) in [7, 11) is 0. The normalized spacial score (nSPS) is 19.8. The molecule has 1 heterocycles. The number of likely N-dealkylation sites (tertiary alicyclic amines) is 1. The first-order valence-electron chi connectivity index (χ1n) is 11.3. The Labute approximate surface area is 192 Å². The molecule has 2 aliphatic rings. The van der Waals surface area contributed by atoms with E-state index in [1.54, 1.807) is 11.8 Å². The molecule has 1 saturated heterocycles. The lowest BCUT2D eigenvalue weighted by molar-refractivity contribution is -0.137. The second kappa shape index (κ2) is 8.81. The van der Waals surface area contributed by atoms with E-state index in [0.717, 1.165) is 25.3 Å². The summed E-state index contributed by atoms with van der Waals surface area (Å²) < 4.78 is 39.6. The molecule has 174 valence electrons. The zero-order chi connectivity index (χ0) is 23.8. The summed E-state index contributed by atoms with van der Waals surface area (Å²) >= 11 is 0. The number of Topliss-reactive ketones (excluding diaryl/α,β-unsaturated/α-hetero) is 1. The van der Waals surface area contributed by atoms with Crippen LogP contribution in [0.5, 0.6) is 0 Å². The second-order valence-electron chi connectivity index (χ2n) is 9.42. The average molecular weight is 456 g/mol. The molecule has 0 saturated carbocycles. The SMILES string of the molecule is CC(=O)CC1CC2(CCN(C(=O)/C=C/c3ccccc3C(F)(F)F)CC2)c2cc(C)ccc21. The highest BCUT2D eigenvalue weighted by Gasteiger charge is 2.46. The molecule has 33 heavy (non-hydrogen) atoms. The van der Waals surface area contributed by atoms with Crippen LogP contribution in [0, 0.1) is 6.92 Å². The number of alkyl halides is 3. The predicted octanol–water partition coefficient (Wildman–Crippen LogP) is 6.05. The number of nitrogens with zero attached hydrogens (tertiary/aromatic N) is 1. The second-order valence-corrected chi connectivity index (χ2v) is 9.42. The van der Waals surface area contributed by atoms with Gasteiger partial charge >= 0.3 is 6.18 Å². The minimum absolute atomic E-state index is 0.0147. The summed E-state index contributed by atoms with van der Waals surface area (Å²) in [6.45, 7) is 4.78. The van der Waals surface area contributed by atoms with E-state index in [9.17, 15) is 22.8 Å². The maximum absolute atomic E-state index is 13.2. The fourth-order valence-electron chi connectivity index (χ4n) is 5.50. The van der Waals surface area contributed by atoms with Crippen molar-refractivity contribution in [3.05, 3.63) is 76.4 Å². The number of benzene rings is 2. The van der Waals surface area contributed by atoms with Gasteiger partial charge in [0, 0.05) is 25.6 Å². The van der Waals surface area contributed by atoms with E-state index in [1.807, 2.05) is 0 Å². The third kappa shape index (κ3) is 4.75. The summed E-state index contributed by atoms with van der Waals surface area (Å²) in [5.74, 6) is 0.115. The number of ketones is 1. The van der Waals surface area contributed by atoms with E-state index in [4.69, 9.17) is 0 Å². The van der Waals surface area contributed by atoms with Crippen LogP contribution in [0.3, 0.4) is 0 Å². The predicted molar refractivity (Wildman–Crippen MR) is 122 cm³/mol. The van der Waals surface area contributed by atoms with Crippen LogP contribution in [0.15, 0.2) is 48.5 Å². The molecule has 1 unspecified atom stereocenters. The van der Waals surface area contributed by atoms with Crippen molar-refractivity contribution in [1.29, 1.82) is 0 Å². The maximum Gasteiger partial charge on any atom is 0.416 e. The number of piperidine rings is 1. The van der Waals surface area contributed by atoms with E-state index in [1.165, 1.54) is 47.0 Å². The zero-order valence-corrected chi connectivity index (χ0v) is 18.9. The number of rotatable bonds is 4. The molecule has 1 aliphatic heterocycles. The van der Waals surface area contributed by atoms with Crippen molar-refractivity contribution in [2.75, 3.05) is 13.1 Å². The third-order valence-electron chi connectivity index (χ3n) is 7.09. The third-order valence-corrected chi connectivity index (χ3v) is 7.09. The lowest BCUT2D eigenvalue weighted by Gasteiger charge is -2.40. The highest BCUT2D eigenvalue weighted by atomic mass is 19.4. The molecule has 2 aromatic carbocycles. The van der Waals surface area contributed by atoms with E-state index < -0.39 is 11.7 Å². The van der Waals surface area contributed by atoms with Crippen molar-refractivity contribution in [3.63, 3.8) is 0 Å². The number of amides is 1. The Morgan fingerprint density at radius 2 is 1.82 bits per heavy atom. The summed E-state index contributed by atoms with van der Waals surface area (Å²) in [5.41, 5.74) is 2.92. The maximum atomic E-state index is 13.2. The molecule has 0 aromatic heterocycles. The van der Waals surface area contributed by atoms with Crippen molar-refractivity contribution in [2.24, 2.45) is 0 Å². The van der Waals surface area contributed by atoms with Gasteiger partial charge in [0.1, 0.15) is 5.78 Å². The van der Waals surface area contributed by atoms with Crippen molar-refractivity contribution < 1.29 is 22.8 Å². The lowest BCUT2D eigenvalue weighted by atomic mass is 9.73. The molecular weight excluding hydrogens is 427 g/mol. The Kier molecular flexibility index (Phi) is 6.21. The topological polar surface area (TPSA) is 37.4 Å². The van der Waals surface area contributed by atoms with Gasteiger partial charge in [-0.2, -0.15) is 13.2 Å². The summed E-state index contributed by atoms with van der Waals surface area (Å²) in [4.78, 5) is 26.3. The van der Waals surface area contributed by atoms with Gasteiger partial charge in [0.2, 0.25) is 5.91 Å². The monoisotopic (exact) mass is 455 g/mol. The first-order chi connectivity index (χ1) is 15.6. The summed E-state index contributed by atoms with van der Waals surface area (Å²) in [5, 5.41) is 0. The van der Waals surface area contributed by atoms with Gasteiger partial charge in [0.05, 0.1) is 5.56 Å². The van der Waals surface area contributed by atoms with Crippen molar-refractivity contribution in [3.8, 4) is 0 Å². The molecule has 2 aromatic rings. The van der Waals surface area contributed by atoms with Crippen molar-refractivity contribution >= 4 is 17.8 Å². The van der Waals surface area contributed by atoms with Crippen LogP contribution < -0.4 is 0 Å². The molecule has 3 nitrogen and oxygen atoms in total. The molecular formula is C27H28F3NO2. The number of hydrogen-bond acceptors (Lipinski definition) is 2. The van der Waals surface area contributed by atoms with Gasteiger partial charge in [-0.05, 0) is 73.3 Å². The Morgan fingerprint density at radius 3 is 2.48 bits per heavy atom. The number of aryl methyl sites for hydroxylation is 1. The molecule has 4 rings (SSSR count). The summed E-state index contributed by atoms with van der Waals surface area (Å²) in [6, 6.07) is 11.7. The van der Waals surface area contributed by atoms with Crippen LogP contribution in [-0.2, 0) is 21.2 Å². The zero-order valence-electron chi connectivity index (χ0n) is 18.9. The van der Waals surface area contributed by atoms with Crippen LogP contribution in [0.25, 0.3) is 6.08 Å². The minimum Gasteiger partial charge on any atom is -0.339 e. The number of fused-ring (bicyclic) bond motifs is 2. The first-order valence-corrected chi connectivity index (χ1v) is 11.3. The van der Waals surface area contributed by atoms with Gasteiger partial charge in [-0.3, -0.25) is 4.79 Å². The molecule has 1 fully saturated rings. The smallest absolute Gasteiger partial charge is 0.339 e. The average Bonchev–Trinajstić information content (AvgIpc) is 3.03.